The number of ether oxygens (including phenoxy) is 1. The summed E-state index contributed by atoms with van der Waals surface area (Å²) in [6.45, 7) is 3.71. The van der Waals surface area contributed by atoms with Gasteiger partial charge in [0.05, 0.1) is 7.11 Å². The summed E-state index contributed by atoms with van der Waals surface area (Å²) in [5.74, 6) is 0.516. The Morgan fingerprint density at radius 3 is 2.23 bits per heavy atom. The predicted molar refractivity (Wildman–Crippen MR) is 87.9 cm³/mol. The van der Waals surface area contributed by atoms with Gasteiger partial charge in [0, 0.05) is 18.7 Å². The molecule has 4 nitrogen and oxygen atoms in total. The third-order valence-electron chi connectivity index (χ3n) is 3.60. The Morgan fingerprint density at radius 2 is 1.68 bits per heavy atom. The number of hydrogen-bond donors (Lipinski definition) is 1. The Hall–Kier alpha value is -2.33. The molecule has 2 aromatic rings. The molecule has 116 valence electrons. The lowest BCUT2D eigenvalue weighted by molar-refractivity contribution is 0.100. The molecule has 0 saturated carbocycles. The zero-order chi connectivity index (χ0) is 16.1. The topological polar surface area (TPSA) is 55.6 Å². The molecule has 0 aliphatic carbocycles. The standard InChI is InChI=1S/C18H22N2O2/c1-13-10-15(6-9-17(13)22-3)12-20(2)11-14-4-7-16(8-5-14)18(19)21/h4-10H,11-12H2,1-3H3,(H2,19,21). The molecule has 4 heteroatoms. The fraction of sp³-hybridized carbons (Fsp3) is 0.278. The average molecular weight is 298 g/mol. The van der Waals surface area contributed by atoms with Gasteiger partial charge in [-0.25, -0.2) is 0 Å². The minimum Gasteiger partial charge on any atom is -0.496 e. The van der Waals surface area contributed by atoms with Crippen molar-refractivity contribution in [3.05, 3.63) is 64.7 Å². The molecule has 0 spiro atoms. The third-order valence-corrected chi connectivity index (χ3v) is 3.60. The second-order valence-corrected chi connectivity index (χ2v) is 5.54. The summed E-state index contributed by atoms with van der Waals surface area (Å²) < 4.78 is 5.28. The van der Waals surface area contributed by atoms with Gasteiger partial charge >= 0.3 is 0 Å². The summed E-state index contributed by atoms with van der Waals surface area (Å²) in [5, 5.41) is 0. The summed E-state index contributed by atoms with van der Waals surface area (Å²) in [4.78, 5) is 13.3. The van der Waals surface area contributed by atoms with Gasteiger partial charge in [-0.3, -0.25) is 9.69 Å². The van der Waals surface area contributed by atoms with Crippen molar-refractivity contribution < 1.29 is 9.53 Å². The Morgan fingerprint density at radius 1 is 1.09 bits per heavy atom. The lowest BCUT2D eigenvalue weighted by atomic mass is 10.1. The molecule has 0 atom stereocenters. The van der Waals surface area contributed by atoms with E-state index in [9.17, 15) is 4.79 Å². The molecule has 0 heterocycles. The van der Waals surface area contributed by atoms with Crippen LogP contribution in [0.25, 0.3) is 0 Å². The van der Waals surface area contributed by atoms with Crippen molar-refractivity contribution in [1.29, 1.82) is 0 Å². The van der Waals surface area contributed by atoms with Gasteiger partial charge in [0.1, 0.15) is 5.75 Å². The predicted octanol–water partition coefficient (Wildman–Crippen LogP) is 2.73. The normalized spacial score (nSPS) is 10.7. The molecule has 2 N–H and O–H groups in total. The van der Waals surface area contributed by atoms with Gasteiger partial charge < -0.3 is 10.5 Å². The zero-order valence-corrected chi connectivity index (χ0v) is 13.3. The minimum atomic E-state index is -0.395. The summed E-state index contributed by atoms with van der Waals surface area (Å²) in [6, 6.07) is 13.6. The molecule has 0 aromatic heterocycles. The highest BCUT2D eigenvalue weighted by atomic mass is 16.5. The molecule has 0 bridgehead atoms. The van der Waals surface area contributed by atoms with Crippen molar-refractivity contribution in [3.8, 4) is 5.75 Å². The molecule has 2 rings (SSSR count). The number of carbonyl (C=O) groups excluding carboxylic acids is 1. The minimum absolute atomic E-state index is 0.395. The number of carbonyl (C=O) groups is 1. The summed E-state index contributed by atoms with van der Waals surface area (Å²) in [7, 11) is 3.76. The van der Waals surface area contributed by atoms with Crippen LogP contribution in [0.15, 0.2) is 42.5 Å². The third kappa shape index (κ3) is 4.09. The second-order valence-electron chi connectivity index (χ2n) is 5.54. The first kappa shape index (κ1) is 16.0. The van der Waals surface area contributed by atoms with Gasteiger partial charge in [0.15, 0.2) is 0 Å². The molecule has 0 aliphatic rings. The maximum Gasteiger partial charge on any atom is 0.248 e. The maximum atomic E-state index is 11.1. The fourth-order valence-corrected chi connectivity index (χ4v) is 2.49. The number of methoxy groups -OCH3 is 1. The van der Waals surface area contributed by atoms with Gasteiger partial charge in [0.2, 0.25) is 5.91 Å². The van der Waals surface area contributed by atoms with E-state index in [1.807, 2.05) is 25.1 Å². The Balaban J connectivity index is 1.99. The number of rotatable bonds is 6. The number of primary amides is 1. The van der Waals surface area contributed by atoms with E-state index in [1.165, 1.54) is 5.56 Å². The van der Waals surface area contributed by atoms with Gasteiger partial charge in [0.25, 0.3) is 0 Å². The van der Waals surface area contributed by atoms with Crippen LogP contribution < -0.4 is 10.5 Å². The quantitative estimate of drug-likeness (QED) is 0.892. The van der Waals surface area contributed by atoms with Crippen LogP contribution in [0.3, 0.4) is 0 Å². The van der Waals surface area contributed by atoms with E-state index in [-0.39, 0.29) is 0 Å². The van der Waals surface area contributed by atoms with E-state index >= 15 is 0 Å². The van der Waals surface area contributed by atoms with Crippen molar-refractivity contribution in [2.75, 3.05) is 14.2 Å². The summed E-state index contributed by atoms with van der Waals surface area (Å²) in [6.07, 6.45) is 0. The molecule has 22 heavy (non-hydrogen) atoms. The van der Waals surface area contributed by atoms with Crippen molar-refractivity contribution >= 4 is 5.91 Å². The molecule has 2 aromatic carbocycles. The Labute approximate surface area is 131 Å². The number of nitrogens with zero attached hydrogens (tertiary/aromatic N) is 1. The highest BCUT2D eigenvalue weighted by Crippen LogP contribution is 2.19. The van der Waals surface area contributed by atoms with Crippen LogP contribution in [0.2, 0.25) is 0 Å². The van der Waals surface area contributed by atoms with Gasteiger partial charge in [-0.15, -0.1) is 0 Å². The number of hydrogen-bond acceptors (Lipinski definition) is 3. The first-order valence-corrected chi connectivity index (χ1v) is 7.20. The summed E-state index contributed by atoms with van der Waals surface area (Å²) in [5.41, 5.74) is 9.32. The van der Waals surface area contributed by atoms with Crippen LogP contribution in [0.4, 0.5) is 0 Å². The maximum absolute atomic E-state index is 11.1. The van der Waals surface area contributed by atoms with Crippen LogP contribution in [-0.2, 0) is 13.1 Å². The highest BCUT2D eigenvalue weighted by Gasteiger charge is 2.05. The van der Waals surface area contributed by atoms with Crippen molar-refractivity contribution in [2.45, 2.75) is 20.0 Å². The van der Waals surface area contributed by atoms with Gasteiger partial charge in [-0.2, -0.15) is 0 Å². The van der Waals surface area contributed by atoms with E-state index in [0.717, 1.165) is 30.0 Å². The molecule has 0 unspecified atom stereocenters. The van der Waals surface area contributed by atoms with E-state index in [2.05, 4.69) is 24.1 Å². The van der Waals surface area contributed by atoms with Crippen LogP contribution in [0, 0.1) is 6.92 Å². The molecule has 0 aliphatic heterocycles. The number of benzene rings is 2. The first-order chi connectivity index (χ1) is 10.5. The van der Waals surface area contributed by atoms with Crippen molar-refractivity contribution in [2.24, 2.45) is 5.73 Å². The zero-order valence-electron chi connectivity index (χ0n) is 13.3. The number of nitrogens with two attached hydrogens (primary N) is 1. The Kier molecular flexibility index (Phi) is 5.17. The molecule has 0 saturated heterocycles. The van der Waals surface area contributed by atoms with Crippen LogP contribution in [-0.4, -0.2) is 25.0 Å². The molecule has 1 amide bonds. The number of amides is 1. The lowest BCUT2D eigenvalue weighted by Gasteiger charge is -2.18. The van der Waals surface area contributed by atoms with E-state index in [1.54, 1.807) is 19.2 Å². The molecule has 0 radical (unpaired) electrons. The van der Waals surface area contributed by atoms with Gasteiger partial charge in [-0.05, 0) is 48.9 Å². The van der Waals surface area contributed by atoms with Gasteiger partial charge in [-0.1, -0.05) is 24.3 Å². The van der Waals surface area contributed by atoms with E-state index < -0.39 is 5.91 Å². The molecule has 0 fully saturated rings. The van der Waals surface area contributed by atoms with E-state index in [0.29, 0.717) is 5.56 Å². The smallest absolute Gasteiger partial charge is 0.248 e. The highest BCUT2D eigenvalue weighted by molar-refractivity contribution is 5.92. The van der Waals surface area contributed by atoms with Crippen molar-refractivity contribution in [1.82, 2.24) is 4.90 Å². The summed E-state index contributed by atoms with van der Waals surface area (Å²) >= 11 is 0. The monoisotopic (exact) mass is 298 g/mol. The van der Waals surface area contributed by atoms with E-state index in [4.69, 9.17) is 10.5 Å². The second kappa shape index (κ2) is 7.09. The first-order valence-electron chi connectivity index (χ1n) is 7.20. The van der Waals surface area contributed by atoms with Crippen LogP contribution >= 0.6 is 0 Å². The SMILES string of the molecule is COc1ccc(CN(C)Cc2ccc(C(N)=O)cc2)cc1C. The average Bonchev–Trinajstić information content (AvgIpc) is 2.48. The largest absolute Gasteiger partial charge is 0.496 e. The lowest BCUT2D eigenvalue weighted by Crippen LogP contribution is -2.17. The number of aryl methyl sites for hydroxylation is 1. The van der Waals surface area contributed by atoms with Crippen LogP contribution in [0.1, 0.15) is 27.0 Å². The van der Waals surface area contributed by atoms with Crippen LogP contribution in [0.5, 0.6) is 5.75 Å². The molecular formula is C18H22N2O2. The fourth-order valence-electron chi connectivity index (χ4n) is 2.49. The van der Waals surface area contributed by atoms with Crippen molar-refractivity contribution in [3.63, 3.8) is 0 Å². The molecular weight excluding hydrogens is 276 g/mol. The Bertz CT molecular complexity index is 651.